The van der Waals surface area contributed by atoms with Crippen LogP contribution in [0.5, 0.6) is 0 Å². The highest BCUT2D eigenvalue weighted by atomic mass is 16.2. The minimum absolute atomic E-state index is 0.196. The molecule has 126 valence electrons. The van der Waals surface area contributed by atoms with Gasteiger partial charge in [0.05, 0.1) is 17.9 Å². The van der Waals surface area contributed by atoms with Crippen molar-refractivity contribution < 1.29 is 4.79 Å². The van der Waals surface area contributed by atoms with E-state index in [9.17, 15) is 4.79 Å². The standard InChI is InChI=1S/C18H18N6O/c19-15(11-13-7-3-1-4-8-13)17(25)22-24-18-21-16(12-20-23-18)14-9-5-2-6-10-14/h1-10,12,15H,11,19H2,(H,22,25)(H,21,23,24)/t15-/m0/s1. The molecule has 0 saturated carbocycles. The monoisotopic (exact) mass is 334 g/mol. The lowest BCUT2D eigenvalue weighted by atomic mass is 10.1. The number of hydrazine groups is 1. The Morgan fingerprint density at radius 2 is 1.72 bits per heavy atom. The number of nitrogens with two attached hydrogens (primary N) is 1. The van der Waals surface area contributed by atoms with E-state index < -0.39 is 6.04 Å². The second-order valence-corrected chi connectivity index (χ2v) is 5.44. The molecule has 1 heterocycles. The molecular weight excluding hydrogens is 316 g/mol. The molecule has 0 aliphatic heterocycles. The molecule has 25 heavy (non-hydrogen) atoms. The van der Waals surface area contributed by atoms with E-state index in [1.54, 1.807) is 6.20 Å². The lowest BCUT2D eigenvalue weighted by Crippen LogP contribution is -2.44. The summed E-state index contributed by atoms with van der Waals surface area (Å²) in [4.78, 5) is 16.4. The summed E-state index contributed by atoms with van der Waals surface area (Å²) in [6.07, 6.45) is 2.00. The first kappa shape index (κ1) is 16.5. The van der Waals surface area contributed by atoms with Gasteiger partial charge in [0.15, 0.2) is 0 Å². The van der Waals surface area contributed by atoms with E-state index in [1.807, 2.05) is 60.7 Å². The van der Waals surface area contributed by atoms with Crippen molar-refractivity contribution in [3.63, 3.8) is 0 Å². The summed E-state index contributed by atoms with van der Waals surface area (Å²) in [6.45, 7) is 0. The van der Waals surface area contributed by atoms with Crippen LogP contribution >= 0.6 is 0 Å². The molecule has 1 amide bonds. The fourth-order valence-corrected chi connectivity index (χ4v) is 2.28. The predicted octanol–water partition coefficient (Wildman–Crippen LogP) is 1.55. The molecule has 0 saturated heterocycles. The van der Waals surface area contributed by atoms with Gasteiger partial charge in [0.25, 0.3) is 11.9 Å². The number of nitrogens with one attached hydrogen (secondary N) is 2. The molecule has 7 nitrogen and oxygen atoms in total. The van der Waals surface area contributed by atoms with Crippen LogP contribution in [0.2, 0.25) is 0 Å². The molecule has 0 bridgehead atoms. The molecule has 0 fully saturated rings. The van der Waals surface area contributed by atoms with Gasteiger partial charge in [-0.3, -0.25) is 15.6 Å². The van der Waals surface area contributed by atoms with Gasteiger partial charge in [0.2, 0.25) is 0 Å². The number of benzene rings is 2. The number of nitrogens with zero attached hydrogens (tertiary/aromatic N) is 3. The zero-order valence-corrected chi connectivity index (χ0v) is 13.5. The molecule has 0 aliphatic rings. The summed E-state index contributed by atoms with van der Waals surface area (Å²) in [7, 11) is 0. The molecule has 3 aromatic rings. The molecule has 1 aromatic heterocycles. The number of anilines is 1. The van der Waals surface area contributed by atoms with E-state index in [-0.39, 0.29) is 11.9 Å². The third kappa shape index (κ3) is 4.58. The van der Waals surface area contributed by atoms with E-state index in [0.717, 1.165) is 11.1 Å². The third-order valence-electron chi connectivity index (χ3n) is 3.56. The molecule has 2 aromatic carbocycles. The van der Waals surface area contributed by atoms with Gasteiger partial charge in [-0.2, -0.15) is 5.10 Å². The van der Waals surface area contributed by atoms with Crippen molar-refractivity contribution in [1.29, 1.82) is 0 Å². The summed E-state index contributed by atoms with van der Waals surface area (Å²) in [6, 6.07) is 18.5. The van der Waals surface area contributed by atoms with E-state index in [4.69, 9.17) is 5.73 Å². The molecule has 0 spiro atoms. The average molecular weight is 334 g/mol. The second kappa shape index (κ2) is 7.98. The topological polar surface area (TPSA) is 106 Å². The van der Waals surface area contributed by atoms with E-state index in [0.29, 0.717) is 12.1 Å². The predicted molar refractivity (Wildman–Crippen MR) is 95.1 cm³/mol. The van der Waals surface area contributed by atoms with Crippen LogP contribution in [0, 0.1) is 0 Å². The lowest BCUT2D eigenvalue weighted by molar-refractivity contribution is -0.121. The molecular formula is C18H18N6O. The highest BCUT2D eigenvalue weighted by molar-refractivity contribution is 5.82. The molecule has 1 atom stereocenters. The van der Waals surface area contributed by atoms with E-state index in [1.165, 1.54) is 0 Å². The Morgan fingerprint density at radius 1 is 1.04 bits per heavy atom. The Labute approximate surface area is 145 Å². The summed E-state index contributed by atoms with van der Waals surface area (Å²) < 4.78 is 0. The fourth-order valence-electron chi connectivity index (χ4n) is 2.28. The number of rotatable bonds is 6. The minimum atomic E-state index is -0.680. The Kier molecular flexibility index (Phi) is 5.28. The van der Waals surface area contributed by atoms with Crippen LogP contribution in [-0.4, -0.2) is 27.1 Å². The van der Waals surface area contributed by atoms with Crippen molar-refractivity contribution in [3.05, 3.63) is 72.4 Å². The number of amides is 1. The zero-order valence-electron chi connectivity index (χ0n) is 13.5. The Hall–Kier alpha value is -3.32. The minimum Gasteiger partial charge on any atom is -0.320 e. The van der Waals surface area contributed by atoms with Crippen molar-refractivity contribution in [2.45, 2.75) is 12.5 Å². The summed E-state index contributed by atoms with van der Waals surface area (Å²) in [5.74, 6) is -0.154. The molecule has 0 radical (unpaired) electrons. The Bertz CT molecular complexity index is 825. The summed E-state index contributed by atoms with van der Waals surface area (Å²) in [5, 5.41) is 7.75. The van der Waals surface area contributed by atoms with Gasteiger partial charge < -0.3 is 5.73 Å². The average Bonchev–Trinajstić information content (AvgIpc) is 2.68. The van der Waals surface area contributed by atoms with Crippen LogP contribution in [0.3, 0.4) is 0 Å². The van der Waals surface area contributed by atoms with Crippen molar-refractivity contribution in [3.8, 4) is 11.3 Å². The number of carbonyl (C=O) groups is 1. The Balaban J connectivity index is 1.59. The highest BCUT2D eigenvalue weighted by Crippen LogP contribution is 2.15. The van der Waals surface area contributed by atoms with Crippen LogP contribution in [0.25, 0.3) is 11.3 Å². The maximum atomic E-state index is 12.1. The maximum Gasteiger partial charge on any atom is 0.262 e. The van der Waals surface area contributed by atoms with Crippen molar-refractivity contribution in [2.75, 3.05) is 5.43 Å². The fraction of sp³-hybridized carbons (Fsp3) is 0.111. The number of hydrogen-bond acceptors (Lipinski definition) is 6. The lowest BCUT2D eigenvalue weighted by Gasteiger charge is -2.13. The first-order valence-electron chi connectivity index (χ1n) is 7.83. The second-order valence-electron chi connectivity index (χ2n) is 5.44. The van der Waals surface area contributed by atoms with Crippen LogP contribution in [-0.2, 0) is 11.2 Å². The van der Waals surface area contributed by atoms with Crippen LogP contribution < -0.4 is 16.6 Å². The first-order chi connectivity index (χ1) is 12.2. The Morgan fingerprint density at radius 3 is 2.44 bits per heavy atom. The van der Waals surface area contributed by atoms with Gasteiger partial charge in [0.1, 0.15) is 0 Å². The van der Waals surface area contributed by atoms with Crippen molar-refractivity contribution >= 4 is 11.9 Å². The van der Waals surface area contributed by atoms with Gasteiger partial charge in [-0.1, -0.05) is 60.7 Å². The van der Waals surface area contributed by atoms with Crippen molar-refractivity contribution in [2.24, 2.45) is 5.73 Å². The molecule has 0 aliphatic carbocycles. The van der Waals surface area contributed by atoms with Crippen LogP contribution in [0.1, 0.15) is 5.56 Å². The van der Waals surface area contributed by atoms with Gasteiger partial charge in [-0.05, 0) is 12.0 Å². The van der Waals surface area contributed by atoms with Crippen molar-refractivity contribution in [1.82, 2.24) is 20.6 Å². The van der Waals surface area contributed by atoms with E-state index >= 15 is 0 Å². The number of aromatic nitrogens is 3. The molecule has 4 N–H and O–H groups in total. The normalized spacial score (nSPS) is 11.6. The van der Waals surface area contributed by atoms with Crippen LogP contribution in [0.15, 0.2) is 66.9 Å². The SMILES string of the molecule is N[C@@H](Cc1ccccc1)C(=O)NNc1nncc(-c2ccccc2)n1. The molecule has 7 heteroatoms. The third-order valence-corrected chi connectivity index (χ3v) is 3.56. The molecule has 3 rings (SSSR count). The smallest absolute Gasteiger partial charge is 0.262 e. The number of hydrogen-bond donors (Lipinski definition) is 3. The van der Waals surface area contributed by atoms with Gasteiger partial charge in [-0.15, -0.1) is 5.10 Å². The van der Waals surface area contributed by atoms with Gasteiger partial charge in [-0.25, -0.2) is 4.98 Å². The number of carbonyl (C=O) groups excluding carboxylic acids is 1. The van der Waals surface area contributed by atoms with Crippen LogP contribution in [0.4, 0.5) is 5.95 Å². The van der Waals surface area contributed by atoms with E-state index in [2.05, 4.69) is 26.0 Å². The zero-order chi connectivity index (χ0) is 17.5. The summed E-state index contributed by atoms with van der Waals surface area (Å²) in [5.41, 5.74) is 13.7. The van der Waals surface area contributed by atoms with Gasteiger partial charge in [0, 0.05) is 5.56 Å². The highest BCUT2D eigenvalue weighted by Gasteiger charge is 2.14. The quantitative estimate of drug-likeness (QED) is 0.591. The maximum absolute atomic E-state index is 12.1. The van der Waals surface area contributed by atoms with Gasteiger partial charge >= 0.3 is 0 Å². The first-order valence-corrected chi connectivity index (χ1v) is 7.83. The largest absolute Gasteiger partial charge is 0.320 e. The summed E-state index contributed by atoms with van der Waals surface area (Å²) >= 11 is 0. The molecule has 0 unspecified atom stereocenters.